The van der Waals surface area contributed by atoms with Gasteiger partial charge in [0.05, 0.1) is 26.4 Å². The fourth-order valence-corrected chi connectivity index (χ4v) is 10.3. The number of ether oxygens (including phenoxy) is 4. The molecule has 238 valence electrons. The maximum Gasteiger partial charge on any atom is 0.186 e. The number of allylic oxidation sites excluding steroid dienone is 1. The van der Waals surface area contributed by atoms with Gasteiger partial charge in [0.1, 0.15) is 35.6 Å². The number of hydrogen-bond donors (Lipinski definition) is 3. The Morgan fingerprint density at radius 2 is 1.77 bits per heavy atom. The molecule has 6 rings (SSSR count). The highest BCUT2D eigenvalue weighted by Crippen LogP contribution is 2.69. The minimum absolute atomic E-state index is 0.0556. The summed E-state index contributed by atoms with van der Waals surface area (Å²) < 4.78 is 23.4. The lowest BCUT2D eigenvalue weighted by Gasteiger charge is -2.58. The van der Waals surface area contributed by atoms with E-state index in [1.807, 2.05) is 12.1 Å². The Balaban J connectivity index is 1.24. The Bertz CT molecular complexity index is 1250. The highest BCUT2D eigenvalue weighted by Gasteiger charge is 2.62. The van der Waals surface area contributed by atoms with Gasteiger partial charge < -0.3 is 34.3 Å². The number of aliphatic hydroxyl groups is 3. The van der Waals surface area contributed by atoms with Crippen LogP contribution in [0.3, 0.4) is 0 Å². The van der Waals surface area contributed by atoms with Crippen LogP contribution in [0.1, 0.15) is 84.1 Å². The largest absolute Gasteiger partial charge is 0.497 e. The van der Waals surface area contributed by atoms with E-state index in [0.717, 1.165) is 62.0 Å². The first kappa shape index (κ1) is 31.0. The molecule has 43 heavy (non-hydrogen) atoms. The lowest BCUT2D eigenvalue weighted by molar-refractivity contribution is -0.305. The summed E-state index contributed by atoms with van der Waals surface area (Å²) in [4.78, 5) is 13.4. The van der Waals surface area contributed by atoms with Crippen LogP contribution in [0.5, 0.6) is 11.5 Å². The van der Waals surface area contributed by atoms with Gasteiger partial charge in [-0.1, -0.05) is 25.5 Å². The van der Waals surface area contributed by atoms with Crippen LogP contribution in [0.4, 0.5) is 0 Å². The molecular weight excluding hydrogens is 548 g/mol. The molecule has 1 aliphatic heterocycles. The molecule has 0 spiro atoms. The maximum absolute atomic E-state index is 13.4. The highest BCUT2D eigenvalue weighted by atomic mass is 16.7. The molecule has 0 amide bonds. The van der Waals surface area contributed by atoms with Gasteiger partial charge >= 0.3 is 0 Å². The fourth-order valence-electron chi connectivity index (χ4n) is 10.3. The SMILES string of the molecule is COc1ccc(OC)c(C2C[C@H]3[C@@H]4CC=C5C[C@@H](OC6O[C@@H](C)[C@@H](O)[C@@H](O)[C@@H]6O)CC[C@]5(C)[C@H]4CC[C@]3(C)[C@H]2C(C)=O)c1. The van der Waals surface area contributed by atoms with Crippen LogP contribution in [-0.2, 0) is 14.3 Å². The zero-order valence-corrected chi connectivity index (χ0v) is 26.5. The number of Topliss-reactive ketones (excluding diaryl/α,β-unsaturated/α-hetero) is 1. The van der Waals surface area contributed by atoms with Crippen molar-refractivity contribution < 1.29 is 39.1 Å². The van der Waals surface area contributed by atoms with Gasteiger partial charge in [0.2, 0.25) is 0 Å². The number of carbonyl (C=O) groups is 1. The molecule has 0 bridgehead atoms. The molecule has 4 fully saturated rings. The quantitative estimate of drug-likeness (QED) is 0.401. The third kappa shape index (κ3) is 4.96. The van der Waals surface area contributed by atoms with Crippen molar-refractivity contribution in [2.45, 2.75) is 115 Å². The van der Waals surface area contributed by atoms with Crippen LogP contribution in [0.25, 0.3) is 0 Å². The van der Waals surface area contributed by atoms with Crippen molar-refractivity contribution in [1.82, 2.24) is 0 Å². The van der Waals surface area contributed by atoms with Crippen molar-refractivity contribution in [2.24, 2.45) is 34.5 Å². The molecule has 1 heterocycles. The summed E-state index contributed by atoms with van der Waals surface area (Å²) >= 11 is 0. The van der Waals surface area contributed by atoms with Gasteiger partial charge in [0, 0.05) is 11.5 Å². The summed E-state index contributed by atoms with van der Waals surface area (Å²) in [7, 11) is 3.38. The predicted octanol–water partition coefficient (Wildman–Crippen LogP) is 4.78. The van der Waals surface area contributed by atoms with Gasteiger partial charge in [0.25, 0.3) is 0 Å². The van der Waals surface area contributed by atoms with Crippen LogP contribution >= 0.6 is 0 Å². The van der Waals surface area contributed by atoms with Crippen molar-refractivity contribution in [1.29, 1.82) is 0 Å². The van der Waals surface area contributed by atoms with Crippen LogP contribution in [0.15, 0.2) is 29.8 Å². The van der Waals surface area contributed by atoms with Gasteiger partial charge in [0.15, 0.2) is 6.29 Å². The summed E-state index contributed by atoms with van der Waals surface area (Å²) in [6.07, 6.45) is 3.78. The van der Waals surface area contributed by atoms with E-state index in [1.165, 1.54) is 5.57 Å². The molecule has 5 aliphatic rings. The maximum atomic E-state index is 13.4. The molecule has 0 radical (unpaired) electrons. The molecule has 3 N–H and O–H groups in total. The van der Waals surface area contributed by atoms with Crippen molar-refractivity contribution in [3.8, 4) is 11.5 Å². The van der Waals surface area contributed by atoms with Crippen LogP contribution < -0.4 is 9.47 Å². The average Bonchev–Trinajstić information content (AvgIpc) is 3.32. The first-order chi connectivity index (χ1) is 20.4. The lowest BCUT2D eigenvalue weighted by Crippen LogP contribution is -2.58. The van der Waals surface area contributed by atoms with Gasteiger partial charge in [-0.15, -0.1) is 0 Å². The second-order valence-electron chi connectivity index (χ2n) is 14.5. The molecule has 4 aliphatic carbocycles. The average molecular weight is 599 g/mol. The normalized spacial score (nSPS) is 45.8. The highest BCUT2D eigenvalue weighted by molar-refractivity contribution is 5.81. The molecule has 1 saturated heterocycles. The summed E-state index contributed by atoms with van der Waals surface area (Å²) in [5.41, 5.74) is 2.52. The number of ketones is 1. The Morgan fingerprint density at radius 1 is 1.00 bits per heavy atom. The lowest BCUT2D eigenvalue weighted by atomic mass is 9.47. The molecule has 2 unspecified atom stereocenters. The van der Waals surface area contributed by atoms with E-state index in [-0.39, 0.29) is 34.6 Å². The van der Waals surface area contributed by atoms with Crippen LogP contribution in [-0.4, -0.2) is 72.1 Å². The van der Waals surface area contributed by atoms with E-state index in [9.17, 15) is 20.1 Å². The Kier molecular flexibility index (Phi) is 8.25. The number of rotatable bonds is 6. The van der Waals surface area contributed by atoms with Crippen molar-refractivity contribution >= 4 is 5.78 Å². The number of carbonyl (C=O) groups excluding carboxylic acids is 1. The molecule has 0 aromatic heterocycles. The van der Waals surface area contributed by atoms with Crippen molar-refractivity contribution in [3.63, 3.8) is 0 Å². The minimum atomic E-state index is -1.29. The summed E-state index contributed by atoms with van der Waals surface area (Å²) in [6, 6.07) is 5.97. The van der Waals surface area contributed by atoms with E-state index in [2.05, 4.69) is 26.0 Å². The third-order valence-electron chi connectivity index (χ3n) is 12.5. The second-order valence-corrected chi connectivity index (χ2v) is 14.5. The number of hydrogen-bond acceptors (Lipinski definition) is 8. The first-order valence-corrected chi connectivity index (χ1v) is 16.2. The van der Waals surface area contributed by atoms with Crippen molar-refractivity contribution in [3.05, 3.63) is 35.4 Å². The Morgan fingerprint density at radius 3 is 2.47 bits per heavy atom. The Labute approximate surface area is 255 Å². The number of fused-ring (bicyclic) bond motifs is 5. The van der Waals surface area contributed by atoms with E-state index in [1.54, 1.807) is 28.1 Å². The van der Waals surface area contributed by atoms with E-state index in [4.69, 9.17) is 18.9 Å². The van der Waals surface area contributed by atoms with Crippen LogP contribution in [0, 0.1) is 34.5 Å². The van der Waals surface area contributed by atoms with E-state index >= 15 is 0 Å². The number of methoxy groups -OCH3 is 2. The molecule has 13 atom stereocenters. The number of aliphatic hydroxyl groups excluding tert-OH is 3. The zero-order chi connectivity index (χ0) is 30.8. The van der Waals surface area contributed by atoms with E-state index in [0.29, 0.717) is 17.8 Å². The summed E-state index contributed by atoms with van der Waals surface area (Å²) in [5.74, 6) is 3.41. The summed E-state index contributed by atoms with van der Waals surface area (Å²) in [6.45, 7) is 8.27. The molecule has 8 nitrogen and oxygen atoms in total. The molecular formula is C35H50O8. The van der Waals surface area contributed by atoms with Crippen LogP contribution in [0.2, 0.25) is 0 Å². The second kappa shape index (κ2) is 11.4. The molecule has 3 saturated carbocycles. The predicted molar refractivity (Wildman–Crippen MR) is 161 cm³/mol. The third-order valence-corrected chi connectivity index (χ3v) is 12.5. The van der Waals surface area contributed by atoms with Gasteiger partial charge in [-0.05, 0) is 111 Å². The fraction of sp³-hybridized carbons (Fsp3) is 0.743. The van der Waals surface area contributed by atoms with Gasteiger partial charge in [-0.2, -0.15) is 0 Å². The van der Waals surface area contributed by atoms with E-state index < -0.39 is 30.7 Å². The topological polar surface area (TPSA) is 115 Å². The van der Waals surface area contributed by atoms with Crippen molar-refractivity contribution in [2.75, 3.05) is 14.2 Å². The zero-order valence-electron chi connectivity index (χ0n) is 26.5. The standard InChI is InChI=1S/C35H50O8/c1-18(36)29-25(24-16-21(40-5)8-10-28(24)41-6)17-27-23-9-7-20-15-22(43-33-32(39)31(38)30(37)19(2)42-33)11-13-34(20,3)26(23)12-14-35(27,29)4/h7-8,10,16,19,22-23,25-27,29-33,37-39H,9,11-15,17H2,1-6H3/t19-,22-,23+,25?,26-,27-,29-,30+,31+,32-,33?,34-,35-/m0/s1. The first-order valence-electron chi connectivity index (χ1n) is 16.2. The molecule has 8 heteroatoms. The monoisotopic (exact) mass is 598 g/mol. The molecule has 1 aromatic carbocycles. The smallest absolute Gasteiger partial charge is 0.186 e. The Hall–Kier alpha value is -1.97. The summed E-state index contributed by atoms with van der Waals surface area (Å²) in [5, 5.41) is 30.9. The van der Waals surface area contributed by atoms with Gasteiger partial charge in [-0.3, -0.25) is 4.79 Å². The van der Waals surface area contributed by atoms with Gasteiger partial charge in [-0.25, -0.2) is 0 Å². The minimum Gasteiger partial charge on any atom is -0.497 e. The molecule has 1 aromatic rings. The number of benzene rings is 1.